The van der Waals surface area contributed by atoms with Crippen LogP contribution in [0.5, 0.6) is 0 Å². The van der Waals surface area contributed by atoms with Crippen molar-refractivity contribution in [3.05, 3.63) is 71.8 Å². The lowest BCUT2D eigenvalue weighted by atomic mass is 10.2. The molecule has 3 N–H and O–H groups in total. The zero-order valence-corrected chi connectivity index (χ0v) is 13.1. The zero-order chi connectivity index (χ0) is 15.9. The number of halogens is 2. The van der Waals surface area contributed by atoms with Crippen LogP contribution in [0.3, 0.4) is 0 Å². The van der Waals surface area contributed by atoms with Crippen molar-refractivity contribution in [2.75, 3.05) is 0 Å². The first-order valence-electron chi connectivity index (χ1n) is 6.60. The molecule has 0 heterocycles. The van der Waals surface area contributed by atoms with Gasteiger partial charge in [-0.2, -0.15) is 0 Å². The summed E-state index contributed by atoms with van der Waals surface area (Å²) in [5.41, 5.74) is 7.16. The molecule has 4 nitrogen and oxygen atoms in total. The van der Waals surface area contributed by atoms with Crippen molar-refractivity contribution in [2.45, 2.75) is 11.0 Å². The summed E-state index contributed by atoms with van der Waals surface area (Å²) >= 11 is 11.8. The average molecular weight is 336 g/mol. The Morgan fingerprint density at radius 3 is 1.95 bits per heavy atom. The SMILES string of the molecule is NC(=N[C@@H](NC(=O)c1ccccc1)C(Cl)Cl)c1ccccc1. The van der Waals surface area contributed by atoms with Crippen LogP contribution in [0.25, 0.3) is 0 Å². The van der Waals surface area contributed by atoms with Gasteiger partial charge in [-0.25, -0.2) is 4.99 Å². The van der Waals surface area contributed by atoms with Gasteiger partial charge in [0.1, 0.15) is 10.7 Å². The number of nitrogens with zero attached hydrogens (tertiary/aromatic N) is 1. The predicted molar refractivity (Wildman–Crippen MR) is 90.4 cm³/mol. The highest BCUT2D eigenvalue weighted by Crippen LogP contribution is 2.12. The maximum atomic E-state index is 12.1. The van der Waals surface area contributed by atoms with Gasteiger partial charge in [0.05, 0.1) is 0 Å². The molecule has 0 spiro atoms. The molecule has 0 saturated heterocycles. The summed E-state index contributed by atoms with van der Waals surface area (Å²) < 4.78 is 0. The molecule has 0 aliphatic carbocycles. The Balaban J connectivity index is 2.15. The van der Waals surface area contributed by atoms with Crippen LogP contribution in [0.15, 0.2) is 65.7 Å². The smallest absolute Gasteiger partial charge is 0.252 e. The molecular formula is C16H15Cl2N3O. The predicted octanol–water partition coefficient (Wildman–Crippen LogP) is 2.95. The lowest BCUT2D eigenvalue weighted by Crippen LogP contribution is -2.39. The van der Waals surface area contributed by atoms with Crippen molar-refractivity contribution < 1.29 is 4.79 Å². The highest BCUT2D eigenvalue weighted by molar-refractivity contribution is 6.44. The molecule has 2 aromatic rings. The van der Waals surface area contributed by atoms with Crippen LogP contribution in [-0.4, -0.2) is 22.7 Å². The third-order valence-electron chi connectivity index (χ3n) is 2.90. The van der Waals surface area contributed by atoms with E-state index in [0.717, 1.165) is 5.56 Å². The molecule has 2 aromatic carbocycles. The number of benzene rings is 2. The minimum absolute atomic E-state index is 0.255. The normalized spacial score (nSPS) is 13.0. The number of nitrogens with two attached hydrogens (primary N) is 1. The number of amidine groups is 1. The van der Waals surface area contributed by atoms with Crippen molar-refractivity contribution in [2.24, 2.45) is 10.7 Å². The van der Waals surface area contributed by atoms with E-state index in [4.69, 9.17) is 28.9 Å². The number of nitrogens with one attached hydrogen (secondary N) is 1. The maximum Gasteiger partial charge on any atom is 0.252 e. The molecule has 2 rings (SSSR count). The van der Waals surface area contributed by atoms with Crippen LogP contribution < -0.4 is 11.1 Å². The topological polar surface area (TPSA) is 67.5 Å². The van der Waals surface area contributed by atoms with Gasteiger partial charge in [-0.15, -0.1) is 23.2 Å². The van der Waals surface area contributed by atoms with Crippen molar-refractivity contribution in [3.8, 4) is 0 Å². The first-order valence-corrected chi connectivity index (χ1v) is 7.48. The number of hydrogen-bond donors (Lipinski definition) is 2. The van der Waals surface area contributed by atoms with E-state index in [2.05, 4.69) is 10.3 Å². The summed E-state index contributed by atoms with van der Waals surface area (Å²) in [5.74, 6) is -0.0632. The van der Waals surface area contributed by atoms with Gasteiger partial charge < -0.3 is 11.1 Å². The van der Waals surface area contributed by atoms with Gasteiger partial charge in [-0.3, -0.25) is 4.79 Å². The van der Waals surface area contributed by atoms with Gasteiger partial charge >= 0.3 is 0 Å². The molecule has 0 aromatic heterocycles. The number of carbonyl (C=O) groups excluding carboxylic acids is 1. The second-order valence-electron chi connectivity index (χ2n) is 4.50. The van der Waals surface area contributed by atoms with Crippen LogP contribution in [0, 0.1) is 0 Å². The van der Waals surface area contributed by atoms with E-state index in [0.29, 0.717) is 5.56 Å². The van der Waals surface area contributed by atoms with E-state index in [1.165, 1.54) is 0 Å². The standard InChI is InChI=1S/C16H15Cl2N3O/c17-13(18)15(20-14(19)11-7-3-1-4-8-11)21-16(22)12-9-5-2-6-10-12/h1-10,13,15H,(H2,19,20)(H,21,22)/t15-/m0/s1. The molecule has 1 atom stereocenters. The van der Waals surface area contributed by atoms with E-state index < -0.39 is 11.0 Å². The van der Waals surface area contributed by atoms with Gasteiger partial charge in [0, 0.05) is 11.1 Å². The first kappa shape index (κ1) is 16.3. The molecule has 0 unspecified atom stereocenters. The Morgan fingerprint density at radius 1 is 0.955 bits per heavy atom. The molecule has 0 aliphatic rings. The van der Waals surface area contributed by atoms with Crippen molar-refractivity contribution in [1.82, 2.24) is 5.32 Å². The van der Waals surface area contributed by atoms with E-state index >= 15 is 0 Å². The van der Waals surface area contributed by atoms with Crippen LogP contribution in [0.2, 0.25) is 0 Å². The second-order valence-corrected chi connectivity index (χ2v) is 5.66. The third-order valence-corrected chi connectivity index (χ3v) is 3.38. The second kappa shape index (κ2) is 7.82. The molecule has 0 radical (unpaired) electrons. The quantitative estimate of drug-likeness (QED) is 0.501. The average Bonchev–Trinajstić information content (AvgIpc) is 2.55. The van der Waals surface area contributed by atoms with Gasteiger partial charge in [0.2, 0.25) is 0 Å². The fraction of sp³-hybridized carbons (Fsp3) is 0.125. The molecule has 0 aliphatic heterocycles. The van der Waals surface area contributed by atoms with Gasteiger partial charge in [-0.05, 0) is 12.1 Å². The molecular weight excluding hydrogens is 321 g/mol. The molecule has 6 heteroatoms. The summed E-state index contributed by atoms with van der Waals surface area (Å²) in [6.45, 7) is 0. The molecule has 114 valence electrons. The Kier molecular flexibility index (Phi) is 5.81. The van der Waals surface area contributed by atoms with E-state index in [1.807, 2.05) is 36.4 Å². The Bertz CT molecular complexity index is 645. The minimum Gasteiger partial charge on any atom is -0.383 e. The van der Waals surface area contributed by atoms with Gasteiger partial charge in [0.15, 0.2) is 6.17 Å². The molecule has 0 saturated carbocycles. The highest BCUT2D eigenvalue weighted by atomic mass is 35.5. The van der Waals surface area contributed by atoms with Crippen LogP contribution in [-0.2, 0) is 0 Å². The molecule has 22 heavy (non-hydrogen) atoms. The Labute approximate surface area is 139 Å². The van der Waals surface area contributed by atoms with Gasteiger partial charge in [-0.1, -0.05) is 48.5 Å². The number of amides is 1. The number of aliphatic imine (C=N–C) groups is 1. The van der Waals surface area contributed by atoms with Crippen LogP contribution >= 0.6 is 23.2 Å². The van der Waals surface area contributed by atoms with Crippen molar-refractivity contribution in [3.63, 3.8) is 0 Å². The first-order chi connectivity index (χ1) is 10.6. The Hall–Kier alpha value is -2.04. The summed E-state index contributed by atoms with van der Waals surface area (Å²) in [7, 11) is 0. The van der Waals surface area contributed by atoms with E-state index in [1.54, 1.807) is 24.3 Å². The minimum atomic E-state index is -0.921. The molecule has 0 fully saturated rings. The van der Waals surface area contributed by atoms with E-state index in [-0.39, 0.29) is 11.7 Å². The summed E-state index contributed by atoms with van der Waals surface area (Å²) in [4.78, 5) is 15.4. The van der Waals surface area contributed by atoms with Crippen molar-refractivity contribution in [1.29, 1.82) is 0 Å². The lowest BCUT2D eigenvalue weighted by Gasteiger charge is -2.16. The number of hydrogen-bond acceptors (Lipinski definition) is 2. The fourth-order valence-electron chi connectivity index (χ4n) is 1.79. The largest absolute Gasteiger partial charge is 0.383 e. The number of rotatable bonds is 5. The summed E-state index contributed by atoms with van der Waals surface area (Å²) in [6, 6.07) is 17.9. The monoisotopic (exact) mass is 335 g/mol. The molecule has 0 bridgehead atoms. The van der Waals surface area contributed by atoms with Crippen LogP contribution in [0.1, 0.15) is 15.9 Å². The lowest BCUT2D eigenvalue weighted by molar-refractivity contribution is 0.0940. The van der Waals surface area contributed by atoms with Crippen LogP contribution in [0.4, 0.5) is 0 Å². The summed E-state index contributed by atoms with van der Waals surface area (Å²) in [5, 5.41) is 2.66. The number of alkyl halides is 2. The number of carbonyl (C=O) groups is 1. The van der Waals surface area contributed by atoms with Gasteiger partial charge in [0.25, 0.3) is 5.91 Å². The van der Waals surface area contributed by atoms with Crippen molar-refractivity contribution >= 4 is 34.9 Å². The fourth-order valence-corrected chi connectivity index (χ4v) is 2.03. The maximum absolute atomic E-state index is 12.1. The third kappa shape index (κ3) is 4.48. The zero-order valence-electron chi connectivity index (χ0n) is 11.6. The summed E-state index contributed by atoms with van der Waals surface area (Å²) in [6.07, 6.45) is -0.837. The molecule has 1 amide bonds. The Morgan fingerprint density at radius 2 is 1.45 bits per heavy atom. The van der Waals surface area contributed by atoms with E-state index in [9.17, 15) is 4.79 Å². The highest BCUT2D eigenvalue weighted by Gasteiger charge is 2.20.